The summed E-state index contributed by atoms with van der Waals surface area (Å²) >= 11 is 9.43. The van der Waals surface area contributed by atoms with Crippen LogP contribution in [0.25, 0.3) is 0 Å². The molecule has 134 valence electrons. The molecule has 25 heavy (non-hydrogen) atoms. The SMILES string of the molecule is Cc1ccc(Br)cc1S(=O)(=O)Nc1cc(Cl)ccc1N1CCOCC1. The Morgan fingerprint density at radius 3 is 2.60 bits per heavy atom. The summed E-state index contributed by atoms with van der Waals surface area (Å²) in [6.07, 6.45) is 0. The number of halogens is 2. The molecule has 2 aromatic carbocycles. The maximum absolute atomic E-state index is 12.9. The van der Waals surface area contributed by atoms with Gasteiger partial charge in [0.15, 0.2) is 0 Å². The van der Waals surface area contributed by atoms with Crippen LogP contribution in [-0.2, 0) is 14.8 Å². The second-order valence-electron chi connectivity index (χ2n) is 5.78. The van der Waals surface area contributed by atoms with Crippen LogP contribution in [-0.4, -0.2) is 34.7 Å². The monoisotopic (exact) mass is 444 g/mol. The first-order valence-electron chi connectivity index (χ1n) is 7.78. The zero-order valence-corrected chi connectivity index (χ0v) is 16.8. The van der Waals surface area contributed by atoms with E-state index in [1.807, 2.05) is 12.1 Å². The highest BCUT2D eigenvalue weighted by Crippen LogP contribution is 2.32. The third-order valence-corrected chi connectivity index (χ3v) is 6.23. The second kappa shape index (κ2) is 7.53. The van der Waals surface area contributed by atoms with Gasteiger partial charge >= 0.3 is 0 Å². The first-order chi connectivity index (χ1) is 11.9. The van der Waals surface area contributed by atoms with E-state index >= 15 is 0 Å². The van der Waals surface area contributed by atoms with Crippen molar-refractivity contribution < 1.29 is 13.2 Å². The molecule has 0 atom stereocenters. The Bertz CT molecular complexity index is 883. The molecule has 1 heterocycles. The molecule has 1 aliphatic heterocycles. The molecule has 0 aliphatic carbocycles. The summed E-state index contributed by atoms with van der Waals surface area (Å²) in [6, 6.07) is 10.4. The van der Waals surface area contributed by atoms with Crippen molar-refractivity contribution in [1.29, 1.82) is 0 Å². The average molecular weight is 446 g/mol. The normalized spacial score (nSPS) is 15.2. The van der Waals surface area contributed by atoms with E-state index in [0.717, 1.165) is 5.69 Å². The summed E-state index contributed by atoms with van der Waals surface area (Å²) in [4.78, 5) is 2.32. The van der Waals surface area contributed by atoms with Crippen LogP contribution in [0.3, 0.4) is 0 Å². The fourth-order valence-corrected chi connectivity index (χ4v) is 4.75. The minimum Gasteiger partial charge on any atom is -0.378 e. The average Bonchev–Trinajstić information content (AvgIpc) is 2.57. The van der Waals surface area contributed by atoms with Crippen molar-refractivity contribution in [3.8, 4) is 0 Å². The predicted octanol–water partition coefficient (Wildman–Crippen LogP) is 4.05. The van der Waals surface area contributed by atoms with E-state index in [-0.39, 0.29) is 4.90 Å². The summed E-state index contributed by atoms with van der Waals surface area (Å²) in [5.41, 5.74) is 1.93. The molecule has 8 heteroatoms. The zero-order chi connectivity index (χ0) is 18.0. The Balaban J connectivity index is 1.99. The molecule has 1 fully saturated rings. The van der Waals surface area contributed by atoms with E-state index in [1.165, 1.54) is 0 Å². The molecule has 1 aliphatic rings. The van der Waals surface area contributed by atoms with Gasteiger partial charge in [-0.05, 0) is 42.8 Å². The smallest absolute Gasteiger partial charge is 0.262 e. The van der Waals surface area contributed by atoms with Gasteiger partial charge < -0.3 is 9.64 Å². The molecule has 0 bridgehead atoms. The quantitative estimate of drug-likeness (QED) is 0.771. The summed E-state index contributed by atoms with van der Waals surface area (Å²) in [6.45, 7) is 4.39. The highest BCUT2D eigenvalue weighted by molar-refractivity contribution is 9.10. The standard InChI is InChI=1S/C17H18BrClN2O3S/c1-12-2-3-13(18)10-17(12)25(22,23)20-15-11-14(19)4-5-16(15)21-6-8-24-9-7-21/h2-5,10-11,20H,6-9H2,1H3. The largest absolute Gasteiger partial charge is 0.378 e. The van der Waals surface area contributed by atoms with E-state index in [4.69, 9.17) is 16.3 Å². The first-order valence-corrected chi connectivity index (χ1v) is 10.4. The number of hydrogen-bond donors (Lipinski definition) is 1. The highest BCUT2D eigenvalue weighted by atomic mass is 79.9. The lowest BCUT2D eigenvalue weighted by Crippen LogP contribution is -2.36. The van der Waals surface area contributed by atoms with Gasteiger partial charge in [0, 0.05) is 22.6 Å². The Labute approximate surface area is 161 Å². The van der Waals surface area contributed by atoms with Gasteiger partial charge in [-0.25, -0.2) is 8.42 Å². The van der Waals surface area contributed by atoms with E-state index in [2.05, 4.69) is 25.6 Å². The number of sulfonamides is 1. The van der Waals surface area contributed by atoms with Crippen molar-refractivity contribution in [1.82, 2.24) is 0 Å². The van der Waals surface area contributed by atoms with Crippen LogP contribution in [0.5, 0.6) is 0 Å². The predicted molar refractivity (Wildman–Crippen MR) is 104 cm³/mol. The van der Waals surface area contributed by atoms with Crippen molar-refractivity contribution in [2.45, 2.75) is 11.8 Å². The number of anilines is 2. The van der Waals surface area contributed by atoms with Crippen LogP contribution in [0.2, 0.25) is 5.02 Å². The molecule has 1 N–H and O–H groups in total. The Hall–Kier alpha value is -1.28. The Morgan fingerprint density at radius 2 is 1.88 bits per heavy atom. The summed E-state index contributed by atoms with van der Waals surface area (Å²) in [5.74, 6) is 0. The van der Waals surface area contributed by atoms with Gasteiger partial charge in [0.25, 0.3) is 10.0 Å². The van der Waals surface area contributed by atoms with Crippen molar-refractivity contribution in [3.05, 3.63) is 51.5 Å². The van der Waals surface area contributed by atoms with Crippen LogP contribution in [0.15, 0.2) is 45.8 Å². The fourth-order valence-electron chi connectivity index (χ4n) is 2.73. The highest BCUT2D eigenvalue weighted by Gasteiger charge is 2.22. The molecule has 1 saturated heterocycles. The van der Waals surface area contributed by atoms with Crippen LogP contribution in [0.1, 0.15) is 5.56 Å². The minimum absolute atomic E-state index is 0.231. The number of morpholine rings is 1. The van der Waals surface area contributed by atoms with Crippen molar-refractivity contribution in [2.75, 3.05) is 35.9 Å². The zero-order valence-electron chi connectivity index (χ0n) is 13.6. The van der Waals surface area contributed by atoms with E-state index in [0.29, 0.717) is 47.0 Å². The molecule has 0 unspecified atom stereocenters. The van der Waals surface area contributed by atoms with E-state index in [1.54, 1.807) is 31.2 Å². The first kappa shape index (κ1) is 18.5. The van der Waals surface area contributed by atoms with E-state index in [9.17, 15) is 8.42 Å². The number of nitrogens with zero attached hydrogens (tertiary/aromatic N) is 1. The minimum atomic E-state index is -3.74. The maximum Gasteiger partial charge on any atom is 0.262 e. The van der Waals surface area contributed by atoms with Gasteiger partial charge in [0.05, 0.1) is 29.5 Å². The molecule has 0 amide bonds. The third-order valence-electron chi connectivity index (χ3n) is 3.99. The molecule has 0 saturated carbocycles. The lowest BCUT2D eigenvalue weighted by atomic mass is 10.2. The fraction of sp³-hybridized carbons (Fsp3) is 0.294. The van der Waals surface area contributed by atoms with Gasteiger partial charge in [-0.3, -0.25) is 4.72 Å². The molecule has 0 radical (unpaired) electrons. The molecular formula is C17H18BrClN2O3S. The van der Waals surface area contributed by atoms with Crippen molar-refractivity contribution in [3.63, 3.8) is 0 Å². The van der Waals surface area contributed by atoms with E-state index < -0.39 is 10.0 Å². The van der Waals surface area contributed by atoms with Crippen LogP contribution < -0.4 is 9.62 Å². The number of ether oxygens (including phenoxy) is 1. The molecule has 2 aromatic rings. The summed E-state index contributed by atoms with van der Waals surface area (Å²) in [7, 11) is -3.74. The van der Waals surface area contributed by atoms with Crippen molar-refractivity contribution in [2.24, 2.45) is 0 Å². The molecule has 0 spiro atoms. The number of hydrogen-bond acceptors (Lipinski definition) is 4. The molecule has 5 nitrogen and oxygen atoms in total. The molecular weight excluding hydrogens is 428 g/mol. The lowest BCUT2D eigenvalue weighted by Gasteiger charge is -2.30. The molecule has 0 aromatic heterocycles. The lowest BCUT2D eigenvalue weighted by molar-refractivity contribution is 0.123. The van der Waals surface area contributed by atoms with Gasteiger partial charge in [-0.1, -0.05) is 33.6 Å². The van der Waals surface area contributed by atoms with Gasteiger partial charge in [0.1, 0.15) is 0 Å². The van der Waals surface area contributed by atoms with Gasteiger partial charge in [-0.15, -0.1) is 0 Å². The van der Waals surface area contributed by atoms with Crippen molar-refractivity contribution >= 4 is 48.9 Å². The molecule has 3 rings (SSSR count). The van der Waals surface area contributed by atoms with Gasteiger partial charge in [0.2, 0.25) is 0 Å². The van der Waals surface area contributed by atoms with Crippen LogP contribution in [0.4, 0.5) is 11.4 Å². The summed E-state index contributed by atoms with van der Waals surface area (Å²) < 4.78 is 34.6. The van der Waals surface area contributed by atoms with Crippen LogP contribution >= 0.6 is 27.5 Å². The van der Waals surface area contributed by atoms with Gasteiger partial charge in [-0.2, -0.15) is 0 Å². The topological polar surface area (TPSA) is 58.6 Å². The number of rotatable bonds is 4. The Morgan fingerprint density at radius 1 is 1.16 bits per heavy atom. The third kappa shape index (κ3) is 4.28. The maximum atomic E-state index is 12.9. The second-order valence-corrected chi connectivity index (χ2v) is 8.78. The summed E-state index contributed by atoms with van der Waals surface area (Å²) in [5, 5.41) is 0.473. The number of aryl methyl sites for hydroxylation is 1. The number of benzene rings is 2. The number of nitrogens with one attached hydrogen (secondary N) is 1. The Kier molecular flexibility index (Phi) is 5.58. The van der Waals surface area contributed by atoms with Crippen LogP contribution in [0, 0.1) is 6.92 Å².